The van der Waals surface area contributed by atoms with E-state index in [0.717, 1.165) is 19.5 Å². The predicted octanol–water partition coefficient (Wildman–Crippen LogP) is 1.02. The summed E-state index contributed by atoms with van der Waals surface area (Å²) in [6.45, 7) is 5.89. The number of ether oxygens (including phenoxy) is 1. The Hall–Kier alpha value is -1.33. The van der Waals surface area contributed by atoms with E-state index in [1.807, 2.05) is 0 Å². The molecule has 0 bridgehead atoms. The Labute approximate surface area is 114 Å². The number of nitrogens with one attached hydrogen (secondary N) is 1. The standard InChI is InChI=1S/C14H23N3O2/c1-12-13-5-3-7-16(13)8-9-17(12)11-14(18)15-6-4-10-19-2/h3,5,7,12H,4,6,8-11H2,1-2H3,(H,15,18). The summed E-state index contributed by atoms with van der Waals surface area (Å²) in [5.74, 6) is 0.1000. The fraction of sp³-hybridized carbons (Fsp3) is 0.643. The molecule has 0 saturated heterocycles. The molecule has 5 nitrogen and oxygen atoms in total. The second-order valence-electron chi connectivity index (χ2n) is 4.97. The summed E-state index contributed by atoms with van der Waals surface area (Å²) < 4.78 is 7.22. The Bertz CT molecular complexity index is 417. The van der Waals surface area contributed by atoms with Crippen molar-refractivity contribution in [3.63, 3.8) is 0 Å². The minimum Gasteiger partial charge on any atom is -0.385 e. The topological polar surface area (TPSA) is 46.5 Å². The van der Waals surface area contributed by atoms with Gasteiger partial charge in [0.25, 0.3) is 0 Å². The molecular weight excluding hydrogens is 242 g/mol. The third kappa shape index (κ3) is 3.58. The van der Waals surface area contributed by atoms with Gasteiger partial charge in [-0.05, 0) is 25.5 Å². The number of hydrogen-bond acceptors (Lipinski definition) is 3. The first-order valence-corrected chi connectivity index (χ1v) is 6.87. The van der Waals surface area contributed by atoms with Gasteiger partial charge < -0.3 is 14.6 Å². The van der Waals surface area contributed by atoms with Gasteiger partial charge in [-0.1, -0.05) is 0 Å². The molecule has 106 valence electrons. The Balaban J connectivity index is 1.79. The third-order valence-corrected chi connectivity index (χ3v) is 3.66. The second-order valence-corrected chi connectivity index (χ2v) is 4.97. The van der Waals surface area contributed by atoms with E-state index in [4.69, 9.17) is 4.74 Å². The second kappa shape index (κ2) is 6.73. The fourth-order valence-electron chi connectivity index (χ4n) is 2.53. The number of carbonyl (C=O) groups is 1. The quantitative estimate of drug-likeness (QED) is 0.781. The van der Waals surface area contributed by atoms with E-state index in [-0.39, 0.29) is 5.91 Å². The molecule has 1 amide bonds. The molecule has 0 saturated carbocycles. The summed E-state index contributed by atoms with van der Waals surface area (Å²) in [6.07, 6.45) is 2.97. The molecule has 1 unspecified atom stereocenters. The Morgan fingerprint density at radius 2 is 2.37 bits per heavy atom. The van der Waals surface area contributed by atoms with E-state index in [2.05, 4.69) is 40.0 Å². The highest BCUT2D eigenvalue weighted by atomic mass is 16.5. The highest BCUT2D eigenvalue weighted by Crippen LogP contribution is 2.24. The molecule has 2 heterocycles. The number of amides is 1. The van der Waals surface area contributed by atoms with E-state index in [1.54, 1.807) is 7.11 Å². The van der Waals surface area contributed by atoms with E-state index >= 15 is 0 Å². The van der Waals surface area contributed by atoms with Gasteiger partial charge in [-0.25, -0.2) is 0 Å². The molecule has 1 atom stereocenters. The molecule has 1 aromatic heterocycles. The van der Waals surface area contributed by atoms with Crippen LogP contribution in [0.2, 0.25) is 0 Å². The first-order valence-electron chi connectivity index (χ1n) is 6.87. The lowest BCUT2D eigenvalue weighted by Crippen LogP contribution is -2.43. The average molecular weight is 265 g/mol. The van der Waals surface area contributed by atoms with Gasteiger partial charge in [0, 0.05) is 51.3 Å². The SMILES string of the molecule is COCCCNC(=O)CN1CCn2cccc2C1C. The lowest BCUT2D eigenvalue weighted by atomic mass is 10.1. The summed E-state index contributed by atoms with van der Waals surface area (Å²) in [5, 5.41) is 2.94. The molecule has 1 aliphatic heterocycles. The van der Waals surface area contributed by atoms with E-state index in [1.165, 1.54) is 5.69 Å². The molecule has 5 heteroatoms. The predicted molar refractivity (Wildman–Crippen MR) is 73.9 cm³/mol. The normalized spacial score (nSPS) is 19.2. The molecule has 1 aromatic rings. The van der Waals surface area contributed by atoms with Gasteiger partial charge in [-0.3, -0.25) is 9.69 Å². The Morgan fingerprint density at radius 1 is 1.53 bits per heavy atom. The van der Waals surface area contributed by atoms with Crippen molar-refractivity contribution in [3.8, 4) is 0 Å². The van der Waals surface area contributed by atoms with E-state index in [9.17, 15) is 4.79 Å². The molecule has 0 aliphatic carbocycles. The first-order chi connectivity index (χ1) is 9.22. The van der Waals surface area contributed by atoms with Crippen LogP contribution in [0.3, 0.4) is 0 Å². The summed E-state index contributed by atoms with van der Waals surface area (Å²) in [7, 11) is 1.67. The highest BCUT2D eigenvalue weighted by Gasteiger charge is 2.24. The maximum atomic E-state index is 11.9. The smallest absolute Gasteiger partial charge is 0.234 e. The Morgan fingerprint density at radius 3 is 3.16 bits per heavy atom. The summed E-state index contributed by atoms with van der Waals surface area (Å²) in [5.41, 5.74) is 1.29. The molecule has 1 aliphatic rings. The van der Waals surface area contributed by atoms with Crippen LogP contribution in [0.15, 0.2) is 18.3 Å². The van der Waals surface area contributed by atoms with Crippen LogP contribution >= 0.6 is 0 Å². The minimum atomic E-state index is 0.1000. The van der Waals surface area contributed by atoms with Gasteiger partial charge in [0.05, 0.1) is 6.54 Å². The number of carbonyl (C=O) groups excluding carboxylic acids is 1. The van der Waals surface area contributed by atoms with Gasteiger partial charge in [-0.15, -0.1) is 0 Å². The average Bonchev–Trinajstić information content (AvgIpc) is 2.87. The molecule has 0 radical (unpaired) electrons. The summed E-state index contributed by atoms with van der Waals surface area (Å²) >= 11 is 0. The first kappa shape index (κ1) is 14.1. The Kier molecular flexibility index (Phi) is 4.99. The number of rotatable bonds is 6. The van der Waals surface area contributed by atoms with Crippen molar-refractivity contribution in [3.05, 3.63) is 24.0 Å². The van der Waals surface area contributed by atoms with Crippen molar-refractivity contribution in [1.82, 2.24) is 14.8 Å². The van der Waals surface area contributed by atoms with Crippen LogP contribution in [0.5, 0.6) is 0 Å². The maximum absolute atomic E-state index is 11.9. The molecule has 19 heavy (non-hydrogen) atoms. The van der Waals surface area contributed by atoms with Crippen molar-refractivity contribution in [2.24, 2.45) is 0 Å². The van der Waals surface area contributed by atoms with Gasteiger partial charge in [0.1, 0.15) is 0 Å². The van der Waals surface area contributed by atoms with Gasteiger partial charge in [-0.2, -0.15) is 0 Å². The summed E-state index contributed by atoms with van der Waals surface area (Å²) in [6, 6.07) is 4.50. The number of hydrogen-bond donors (Lipinski definition) is 1. The van der Waals surface area contributed by atoms with Crippen LogP contribution in [0.4, 0.5) is 0 Å². The zero-order valence-electron chi connectivity index (χ0n) is 11.8. The van der Waals surface area contributed by atoms with Gasteiger partial charge in [0.2, 0.25) is 5.91 Å². The maximum Gasteiger partial charge on any atom is 0.234 e. The zero-order valence-corrected chi connectivity index (χ0v) is 11.8. The van der Waals surface area contributed by atoms with Crippen LogP contribution in [-0.4, -0.2) is 48.7 Å². The van der Waals surface area contributed by atoms with Crippen molar-refractivity contribution in [1.29, 1.82) is 0 Å². The van der Waals surface area contributed by atoms with Crippen LogP contribution in [0, 0.1) is 0 Å². The van der Waals surface area contributed by atoms with Crippen LogP contribution < -0.4 is 5.32 Å². The van der Waals surface area contributed by atoms with E-state index in [0.29, 0.717) is 25.7 Å². The third-order valence-electron chi connectivity index (χ3n) is 3.66. The largest absolute Gasteiger partial charge is 0.385 e. The number of methoxy groups -OCH3 is 1. The minimum absolute atomic E-state index is 0.1000. The number of fused-ring (bicyclic) bond motifs is 1. The molecule has 0 fully saturated rings. The molecule has 0 aromatic carbocycles. The van der Waals surface area contributed by atoms with Gasteiger partial charge >= 0.3 is 0 Å². The molecular formula is C14H23N3O2. The molecule has 0 spiro atoms. The van der Waals surface area contributed by atoms with Gasteiger partial charge in [0.15, 0.2) is 0 Å². The highest BCUT2D eigenvalue weighted by molar-refractivity contribution is 5.78. The lowest BCUT2D eigenvalue weighted by Gasteiger charge is -2.34. The molecule has 2 rings (SSSR count). The van der Waals surface area contributed by atoms with Crippen LogP contribution in [0.1, 0.15) is 25.1 Å². The van der Waals surface area contributed by atoms with Crippen molar-refractivity contribution in [2.45, 2.75) is 25.9 Å². The summed E-state index contributed by atoms with van der Waals surface area (Å²) in [4.78, 5) is 14.1. The van der Waals surface area contributed by atoms with Crippen molar-refractivity contribution in [2.75, 3.05) is 33.4 Å². The molecule has 1 N–H and O–H groups in total. The number of nitrogens with zero attached hydrogens (tertiary/aromatic N) is 2. The van der Waals surface area contributed by atoms with Crippen LogP contribution in [-0.2, 0) is 16.1 Å². The monoisotopic (exact) mass is 265 g/mol. The van der Waals surface area contributed by atoms with Crippen LogP contribution in [0.25, 0.3) is 0 Å². The fourth-order valence-corrected chi connectivity index (χ4v) is 2.53. The van der Waals surface area contributed by atoms with E-state index < -0.39 is 0 Å². The number of aromatic nitrogens is 1. The zero-order chi connectivity index (χ0) is 13.7. The lowest BCUT2D eigenvalue weighted by molar-refractivity contribution is -0.123. The van der Waals surface area contributed by atoms with Crippen molar-refractivity contribution >= 4 is 5.91 Å². The van der Waals surface area contributed by atoms with Crippen molar-refractivity contribution < 1.29 is 9.53 Å².